The van der Waals surface area contributed by atoms with Crippen LogP contribution in [0.3, 0.4) is 0 Å². The molecule has 4 rings (SSSR count). The van der Waals surface area contributed by atoms with Gasteiger partial charge in [-0.25, -0.2) is 9.97 Å². The van der Waals surface area contributed by atoms with Gasteiger partial charge in [-0.05, 0) is 55.3 Å². The zero-order valence-corrected chi connectivity index (χ0v) is 15.6. The van der Waals surface area contributed by atoms with E-state index in [-0.39, 0.29) is 11.8 Å². The van der Waals surface area contributed by atoms with Crippen molar-refractivity contribution >= 4 is 28.9 Å². The number of rotatable bonds is 5. The molecule has 2 N–H and O–H groups in total. The summed E-state index contributed by atoms with van der Waals surface area (Å²) in [5, 5.41) is 6.38. The third-order valence-corrected chi connectivity index (χ3v) is 4.92. The molecule has 6 heteroatoms. The van der Waals surface area contributed by atoms with E-state index in [1.807, 2.05) is 60.7 Å². The molecule has 1 saturated heterocycles. The average Bonchev–Trinajstić information content (AvgIpc) is 2.76. The van der Waals surface area contributed by atoms with Crippen LogP contribution >= 0.6 is 0 Å². The SMILES string of the molecule is O=C(Nc1ccc(Nc2ccccc2)cc1)C1CCN(c2ncccn2)CC1. The number of benzene rings is 2. The van der Waals surface area contributed by atoms with Gasteiger partial charge in [0.05, 0.1) is 0 Å². The van der Waals surface area contributed by atoms with E-state index in [2.05, 4.69) is 25.5 Å². The van der Waals surface area contributed by atoms with E-state index >= 15 is 0 Å². The quantitative estimate of drug-likeness (QED) is 0.705. The molecule has 0 aliphatic carbocycles. The summed E-state index contributed by atoms with van der Waals surface area (Å²) < 4.78 is 0. The highest BCUT2D eigenvalue weighted by atomic mass is 16.1. The Morgan fingerprint density at radius 1 is 0.821 bits per heavy atom. The van der Waals surface area contributed by atoms with Crippen LogP contribution in [0.15, 0.2) is 73.1 Å². The van der Waals surface area contributed by atoms with Gasteiger partial charge in [-0.15, -0.1) is 0 Å². The minimum Gasteiger partial charge on any atom is -0.356 e. The molecule has 0 bridgehead atoms. The van der Waals surface area contributed by atoms with Gasteiger partial charge in [-0.3, -0.25) is 4.79 Å². The Bertz CT molecular complexity index is 891. The molecule has 6 nitrogen and oxygen atoms in total. The zero-order valence-electron chi connectivity index (χ0n) is 15.6. The summed E-state index contributed by atoms with van der Waals surface area (Å²) in [5.41, 5.74) is 2.84. The van der Waals surface area contributed by atoms with E-state index in [0.29, 0.717) is 0 Å². The Morgan fingerprint density at radius 3 is 2.11 bits per heavy atom. The third kappa shape index (κ3) is 4.46. The maximum atomic E-state index is 12.6. The molecule has 0 radical (unpaired) electrons. The number of hydrogen-bond donors (Lipinski definition) is 2. The van der Waals surface area contributed by atoms with E-state index < -0.39 is 0 Å². The summed E-state index contributed by atoms with van der Waals surface area (Å²) in [7, 11) is 0. The molecule has 1 aromatic heterocycles. The summed E-state index contributed by atoms with van der Waals surface area (Å²) >= 11 is 0. The van der Waals surface area contributed by atoms with Gasteiger partial charge in [0.1, 0.15) is 0 Å². The van der Waals surface area contributed by atoms with Crippen LogP contribution < -0.4 is 15.5 Å². The Hall–Kier alpha value is -3.41. The van der Waals surface area contributed by atoms with Crippen LogP contribution in [-0.4, -0.2) is 29.0 Å². The van der Waals surface area contributed by atoms with Gasteiger partial charge in [0.2, 0.25) is 11.9 Å². The highest BCUT2D eigenvalue weighted by Crippen LogP contribution is 2.23. The molecule has 0 atom stereocenters. The highest BCUT2D eigenvalue weighted by molar-refractivity contribution is 5.92. The number of para-hydroxylation sites is 1. The fourth-order valence-corrected chi connectivity index (χ4v) is 3.37. The Balaban J connectivity index is 1.29. The second kappa shape index (κ2) is 8.52. The second-order valence-corrected chi connectivity index (χ2v) is 6.87. The van der Waals surface area contributed by atoms with Crippen molar-refractivity contribution in [1.82, 2.24) is 9.97 Å². The molecule has 0 unspecified atom stereocenters. The van der Waals surface area contributed by atoms with Crippen LogP contribution in [0.5, 0.6) is 0 Å². The summed E-state index contributed by atoms with van der Waals surface area (Å²) in [6.45, 7) is 1.59. The van der Waals surface area contributed by atoms with Gasteiger partial charge in [-0.1, -0.05) is 18.2 Å². The smallest absolute Gasteiger partial charge is 0.227 e. The molecular weight excluding hydrogens is 350 g/mol. The van der Waals surface area contributed by atoms with Crippen LogP contribution in [-0.2, 0) is 4.79 Å². The third-order valence-electron chi connectivity index (χ3n) is 4.92. The first-order chi connectivity index (χ1) is 13.8. The first-order valence-electron chi connectivity index (χ1n) is 9.53. The molecule has 3 aromatic rings. The van der Waals surface area contributed by atoms with Crippen LogP contribution in [0, 0.1) is 5.92 Å². The standard InChI is InChI=1S/C22H23N5O/c28-21(17-11-15-27(16-12-17)22-23-13-4-14-24-22)26-20-9-7-19(8-10-20)25-18-5-2-1-3-6-18/h1-10,13-14,17,25H,11-12,15-16H2,(H,26,28). The van der Waals surface area contributed by atoms with E-state index in [1.54, 1.807) is 12.4 Å². The Labute approximate surface area is 164 Å². The molecule has 2 heterocycles. The fraction of sp³-hybridized carbons (Fsp3) is 0.227. The number of piperidine rings is 1. The van der Waals surface area contributed by atoms with Crippen molar-refractivity contribution in [3.8, 4) is 0 Å². The topological polar surface area (TPSA) is 70.2 Å². The number of nitrogens with one attached hydrogen (secondary N) is 2. The molecule has 28 heavy (non-hydrogen) atoms. The maximum absolute atomic E-state index is 12.6. The lowest BCUT2D eigenvalue weighted by atomic mass is 9.96. The van der Waals surface area contributed by atoms with Crippen molar-refractivity contribution < 1.29 is 4.79 Å². The van der Waals surface area contributed by atoms with Crippen LogP contribution in [0.2, 0.25) is 0 Å². The molecule has 0 saturated carbocycles. The first-order valence-corrected chi connectivity index (χ1v) is 9.53. The van der Waals surface area contributed by atoms with Crippen LogP contribution in [0.1, 0.15) is 12.8 Å². The molecule has 2 aromatic carbocycles. The van der Waals surface area contributed by atoms with Crippen molar-refractivity contribution in [2.24, 2.45) is 5.92 Å². The highest BCUT2D eigenvalue weighted by Gasteiger charge is 2.26. The van der Waals surface area contributed by atoms with E-state index in [0.717, 1.165) is 48.9 Å². The molecule has 0 spiro atoms. The van der Waals surface area contributed by atoms with Crippen molar-refractivity contribution in [2.45, 2.75) is 12.8 Å². The monoisotopic (exact) mass is 373 g/mol. The maximum Gasteiger partial charge on any atom is 0.227 e. The van der Waals surface area contributed by atoms with Gasteiger partial charge >= 0.3 is 0 Å². The molecule has 1 amide bonds. The number of amides is 1. The minimum absolute atomic E-state index is 0.0158. The van der Waals surface area contributed by atoms with Crippen molar-refractivity contribution in [3.63, 3.8) is 0 Å². The molecule has 1 aliphatic rings. The second-order valence-electron chi connectivity index (χ2n) is 6.87. The van der Waals surface area contributed by atoms with E-state index in [4.69, 9.17) is 0 Å². The largest absolute Gasteiger partial charge is 0.356 e. The average molecular weight is 373 g/mol. The number of aromatic nitrogens is 2. The lowest BCUT2D eigenvalue weighted by Crippen LogP contribution is -2.39. The van der Waals surface area contributed by atoms with E-state index in [1.165, 1.54) is 0 Å². The predicted molar refractivity (Wildman–Crippen MR) is 112 cm³/mol. The minimum atomic E-state index is 0.0158. The number of anilines is 4. The van der Waals surface area contributed by atoms with Crippen LogP contribution in [0.4, 0.5) is 23.0 Å². The van der Waals surface area contributed by atoms with Gasteiger partial charge in [0.25, 0.3) is 0 Å². The number of nitrogens with zero attached hydrogens (tertiary/aromatic N) is 3. The molecular formula is C22H23N5O. The van der Waals surface area contributed by atoms with Gasteiger partial charge < -0.3 is 15.5 Å². The number of carbonyl (C=O) groups is 1. The van der Waals surface area contributed by atoms with Crippen LogP contribution in [0.25, 0.3) is 0 Å². The van der Waals surface area contributed by atoms with Crippen molar-refractivity contribution in [3.05, 3.63) is 73.1 Å². The van der Waals surface area contributed by atoms with E-state index in [9.17, 15) is 4.79 Å². The summed E-state index contributed by atoms with van der Waals surface area (Å²) in [4.78, 5) is 23.3. The molecule has 142 valence electrons. The number of carbonyl (C=O) groups excluding carboxylic acids is 1. The van der Waals surface area contributed by atoms with Crippen molar-refractivity contribution in [2.75, 3.05) is 28.6 Å². The Morgan fingerprint density at radius 2 is 1.43 bits per heavy atom. The van der Waals surface area contributed by atoms with Gasteiger partial charge in [0.15, 0.2) is 0 Å². The van der Waals surface area contributed by atoms with Crippen molar-refractivity contribution in [1.29, 1.82) is 0 Å². The normalized spacial score (nSPS) is 14.5. The van der Waals surface area contributed by atoms with Gasteiger partial charge in [-0.2, -0.15) is 0 Å². The molecule has 1 fully saturated rings. The fourth-order valence-electron chi connectivity index (χ4n) is 3.37. The number of hydrogen-bond acceptors (Lipinski definition) is 5. The lowest BCUT2D eigenvalue weighted by Gasteiger charge is -2.31. The first kappa shape index (κ1) is 18.0. The Kier molecular flexibility index (Phi) is 5.47. The van der Waals surface area contributed by atoms with Gasteiger partial charge in [0, 0.05) is 48.5 Å². The molecule has 1 aliphatic heterocycles. The summed E-state index contributed by atoms with van der Waals surface area (Å²) in [6.07, 6.45) is 5.10. The lowest BCUT2D eigenvalue weighted by molar-refractivity contribution is -0.120. The zero-order chi connectivity index (χ0) is 19.2. The predicted octanol–water partition coefficient (Wildman–Crippen LogP) is 4.08. The summed E-state index contributed by atoms with van der Waals surface area (Å²) in [6, 6.07) is 19.6. The summed E-state index contributed by atoms with van der Waals surface area (Å²) in [5.74, 6) is 0.836.